The SMILES string of the molecule is CCCN(CCO)CCC(=O)Nc1ccc(Cl)c(N)c1. The van der Waals surface area contributed by atoms with Crippen molar-refractivity contribution in [2.45, 2.75) is 19.8 Å². The van der Waals surface area contributed by atoms with E-state index >= 15 is 0 Å². The number of carbonyl (C=O) groups excluding carboxylic acids is 1. The van der Waals surface area contributed by atoms with Gasteiger partial charge in [-0.1, -0.05) is 18.5 Å². The summed E-state index contributed by atoms with van der Waals surface area (Å²) in [6, 6.07) is 5.01. The summed E-state index contributed by atoms with van der Waals surface area (Å²) in [4.78, 5) is 13.9. The molecular weight excluding hydrogens is 278 g/mol. The Bertz CT molecular complexity index is 434. The Morgan fingerprint density at radius 1 is 1.40 bits per heavy atom. The molecule has 0 saturated heterocycles. The van der Waals surface area contributed by atoms with Crippen molar-refractivity contribution in [2.75, 3.05) is 37.3 Å². The number of amides is 1. The maximum atomic E-state index is 11.8. The third kappa shape index (κ3) is 5.77. The number of hydrogen-bond donors (Lipinski definition) is 3. The summed E-state index contributed by atoms with van der Waals surface area (Å²) in [5, 5.41) is 12.2. The molecule has 0 spiro atoms. The fourth-order valence-corrected chi connectivity index (χ4v) is 2.02. The third-order valence-electron chi connectivity index (χ3n) is 2.89. The van der Waals surface area contributed by atoms with Gasteiger partial charge in [0.2, 0.25) is 5.91 Å². The standard InChI is InChI=1S/C14H22ClN3O2/c1-2-6-18(8-9-19)7-5-14(20)17-11-3-4-12(15)13(16)10-11/h3-4,10,19H,2,5-9,16H2,1H3,(H,17,20). The second kappa shape index (κ2) is 8.79. The molecule has 0 aliphatic rings. The number of benzene rings is 1. The first-order chi connectivity index (χ1) is 9.56. The van der Waals surface area contributed by atoms with Crippen molar-refractivity contribution in [2.24, 2.45) is 0 Å². The highest BCUT2D eigenvalue weighted by Crippen LogP contribution is 2.22. The lowest BCUT2D eigenvalue weighted by Gasteiger charge is -2.20. The molecule has 0 aromatic heterocycles. The first kappa shape index (κ1) is 16.8. The van der Waals surface area contributed by atoms with E-state index in [1.165, 1.54) is 0 Å². The van der Waals surface area contributed by atoms with Gasteiger partial charge >= 0.3 is 0 Å². The molecular formula is C14H22ClN3O2. The van der Waals surface area contributed by atoms with Crippen molar-refractivity contribution in [3.05, 3.63) is 23.2 Å². The Balaban J connectivity index is 2.44. The van der Waals surface area contributed by atoms with E-state index in [-0.39, 0.29) is 12.5 Å². The van der Waals surface area contributed by atoms with Gasteiger partial charge in [-0.05, 0) is 31.2 Å². The zero-order valence-corrected chi connectivity index (χ0v) is 12.5. The van der Waals surface area contributed by atoms with Gasteiger partial charge in [0.25, 0.3) is 0 Å². The van der Waals surface area contributed by atoms with Gasteiger partial charge in [0, 0.05) is 25.2 Å². The molecule has 1 aromatic carbocycles. The van der Waals surface area contributed by atoms with Crippen LogP contribution in [0, 0.1) is 0 Å². The lowest BCUT2D eigenvalue weighted by atomic mass is 10.2. The maximum Gasteiger partial charge on any atom is 0.225 e. The molecule has 6 heteroatoms. The van der Waals surface area contributed by atoms with E-state index in [1.54, 1.807) is 18.2 Å². The van der Waals surface area contributed by atoms with Gasteiger partial charge in [-0.3, -0.25) is 4.79 Å². The van der Waals surface area contributed by atoms with Crippen LogP contribution in [0.15, 0.2) is 18.2 Å². The lowest BCUT2D eigenvalue weighted by Crippen LogP contribution is -2.31. The summed E-state index contributed by atoms with van der Waals surface area (Å²) in [6.07, 6.45) is 1.37. The molecule has 1 aromatic rings. The van der Waals surface area contributed by atoms with E-state index in [0.717, 1.165) is 13.0 Å². The predicted molar refractivity (Wildman–Crippen MR) is 82.9 cm³/mol. The van der Waals surface area contributed by atoms with E-state index in [9.17, 15) is 4.79 Å². The molecule has 0 aliphatic carbocycles. The van der Waals surface area contributed by atoms with E-state index in [0.29, 0.717) is 35.9 Å². The van der Waals surface area contributed by atoms with Crippen LogP contribution in [0.25, 0.3) is 0 Å². The molecule has 0 atom stereocenters. The molecule has 112 valence electrons. The Kier molecular flexibility index (Phi) is 7.36. The van der Waals surface area contributed by atoms with E-state index < -0.39 is 0 Å². The summed E-state index contributed by atoms with van der Waals surface area (Å²) in [6.45, 7) is 4.27. The van der Waals surface area contributed by atoms with Crippen LogP contribution in [0.2, 0.25) is 5.02 Å². The molecule has 1 amide bonds. The van der Waals surface area contributed by atoms with Gasteiger partial charge in [-0.25, -0.2) is 0 Å². The number of anilines is 2. The summed E-state index contributed by atoms with van der Waals surface area (Å²) < 4.78 is 0. The average Bonchev–Trinajstić information content (AvgIpc) is 2.41. The maximum absolute atomic E-state index is 11.8. The number of hydrogen-bond acceptors (Lipinski definition) is 4. The zero-order chi connectivity index (χ0) is 15.0. The third-order valence-corrected chi connectivity index (χ3v) is 3.24. The van der Waals surface area contributed by atoms with Gasteiger partial charge in [0.05, 0.1) is 17.3 Å². The van der Waals surface area contributed by atoms with Crippen LogP contribution in [-0.4, -0.2) is 42.2 Å². The first-order valence-electron chi connectivity index (χ1n) is 6.75. The van der Waals surface area contributed by atoms with Crippen molar-refractivity contribution in [1.82, 2.24) is 4.90 Å². The van der Waals surface area contributed by atoms with Crippen LogP contribution >= 0.6 is 11.6 Å². The second-order valence-corrected chi connectivity index (χ2v) is 5.01. The number of nitrogen functional groups attached to an aromatic ring is 1. The Hall–Kier alpha value is -1.30. The van der Waals surface area contributed by atoms with E-state index in [4.69, 9.17) is 22.4 Å². The highest BCUT2D eigenvalue weighted by Gasteiger charge is 2.08. The number of aliphatic hydroxyl groups is 1. The quantitative estimate of drug-likeness (QED) is 0.641. The molecule has 4 N–H and O–H groups in total. The number of halogens is 1. The number of nitrogens with two attached hydrogens (primary N) is 1. The van der Waals surface area contributed by atoms with Crippen molar-refractivity contribution < 1.29 is 9.90 Å². The second-order valence-electron chi connectivity index (χ2n) is 4.60. The molecule has 20 heavy (non-hydrogen) atoms. The predicted octanol–water partition coefficient (Wildman–Crippen LogP) is 1.96. The van der Waals surface area contributed by atoms with Gasteiger partial charge in [0.15, 0.2) is 0 Å². The van der Waals surface area contributed by atoms with Gasteiger partial charge in [-0.2, -0.15) is 0 Å². The smallest absolute Gasteiger partial charge is 0.225 e. The Morgan fingerprint density at radius 3 is 2.75 bits per heavy atom. The van der Waals surface area contributed by atoms with Crippen LogP contribution in [0.4, 0.5) is 11.4 Å². The average molecular weight is 300 g/mol. The summed E-state index contributed by atoms with van der Waals surface area (Å²) >= 11 is 5.82. The van der Waals surface area contributed by atoms with Crippen molar-refractivity contribution in [3.63, 3.8) is 0 Å². The molecule has 5 nitrogen and oxygen atoms in total. The van der Waals surface area contributed by atoms with Crippen molar-refractivity contribution in [1.29, 1.82) is 0 Å². The van der Waals surface area contributed by atoms with Crippen LogP contribution < -0.4 is 11.1 Å². The molecule has 0 unspecified atom stereocenters. The van der Waals surface area contributed by atoms with Gasteiger partial charge in [-0.15, -0.1) is 0 Å². The molecule has 0 bridgehead atoms. The monoisotopic (exact) mass is 299 g/mol. The largest absolute Gasteiger partial charge is 0.397 e. The lowest BCUT2D eigenvalue weighted by molar-refractivity contribution is -0.116. The molecule has 0 heterocycles. The minimum atomic E-state index is -0.0780. The minimum Gasteiger partial charge on any atom is -0.397 e. The van der Waals surface area contributed by atoms with Crippen LogP contribution in [0.3, 0.4) is 0 Å². The number of aliphatic hydroxyl groups excluding tert-OH is 1. The number of nitrogens with zero attached hydrogens (tertiary/aromatic N) is 1. The number of carbonyl (C=O) groups is 1. The van der Waals surface area contributed by atoms with Crippen molar-refractivity contribution >= 4 is 28.9 Å². The highest BCUT2D eigenvalue weighted by molar-refractivity contribution is 6.33. The van der Waals surface area contributed by atoms with Crippen molar-refractivity contribution in [3.8, 4) is 0 Å². The minimum absolute atomic E-state index is 0.0780. The molecule has 1 rings (SSSR count). The number of rotatable bonds is 8. The van der Waals surface area contributed by atoms with Gasteiger partial charge in [0.1, 0.15) is 0 Å². The highest BCUT2D eigenvalue weighted by atomic mass is 35.5. The zero-order valence-electron chi connectivity index (χ0n) is 11.7. The van der Waals surface area contributed by atoms with E-state index in [1.807, 2.05) is 0 Å². The first-order valence-corrected chi connectivity index (χ1v) is 7.12. The summed E-state index contributed by atoms with van der Waals surface area (Å²) in [5.41, 5.74) is 6.76. The Morgan fingerprint density at radius 2 is 2.15 bits per heavy atom. The fourth-order valence-electron chi connectivity index (χ4n) is 1.90. The van der Waals surface area contributed by atoms with E-state index in [2.05, 4.69) is 17.1 Å². The number of nitrogens with one attached hydrogen (secondary N) is 1. The normalized spacial score (nSPS) is 10.8. The molecule has 0 fully saturated rings. The van der Waals surface area contributed by atoms with Crippen LogP contribution in [0.1, 0.15) is 19.8 Å². The fraction of sp³-hybridized carbons (Fsp3) is 0.500. The Labute approximate surface area is 124 Å². The topological polar surface area (TPSA) is 78.6 Å². The summed E-state index contributed by atoms with van der Waals surface area (Å²) in [7, 11) is 0. The van der Waals surface area contributed by atoms with Crippen LogP contribution in [-0.2, 0) is 4.79 Å². The van der Waals surface area contributed by atoms with Crippen LogP contribution in [0.5, 0.6) is 0 Å². The molecule has 0 saturated carbocycles. The molecule has 0 aliphatic heterocycles. The molecule has 0 radical (unpaired) electrons. The summed E-state index contributed by atoms with van der Waals surface area (Å²) in [5.74, 6) is -0.0780. The van der Waals surface area contributed by atoms with Gasteiger partial charge < -0.3 is 21.1 Å².